The third kappa shape index (κ3) is 1.75. The Labute approximate surface area is 78.2 Å². The van der Waals surface area contributed by atoms with Gasteiger partial charge in [-0.3, -0.25) is 0 Å². The first-order valence-corrected chi connectivity index (χ1v) is 3.43. The highest BCUT2D eigenvalue weighted by Gasteiger charge is 2.21. The predicted molar refractivity (Wildman–Crippen MR) is 43.9 cm³/mol. The third-order valence-electron chi connectivity index (χ3n) is 1.42. The minimum atomic E-state index is -2.22. The molecule has 0 aromatic heterocycles. The Hall–Kier alpha value is -1.80. The monoisotopic (exact) mass is 202 g/mol. The van der Waals surface area contributed by atoms with Gasteiger partial charge in [-0.15, -0.1) is 0 Å². The van der Waals surface area contributed by atoms with Crippen LogP contribution < -0.4 is 4.65 Å². The number of hydrogen-bond acceptors (Lipinski definition) is 7. The summed E-state index contributed by atoms with van der Waals surface area (Å²) < 4.78 is 4.19. The van der Waals surface area contributed by atoms with Crippen molar-refractivity contribution in [3.05, 3.63) is 6.07 Å². The molecule has 0 atom stereocenters. The van der Waals surface area contributed by atoms with Gasteiger partial charge >= 0.3 is 7.32 Å². The van der Waals surface area contributed by atoms with Crippen molar-refractivity contribution >= 4 is 7.32 Å². The van der Waals surface area contributed by atoms with Crippen LogP contribution in [0.4, 0.5) is 0 Å². The number of hydrogen-bond donors (Lipinski definition) is 6. The van der Waals surface area contributed by atoms with Gasteiger partial charge in [0.05, 0.1) is 0 Å². The lowest BCUT2D eigenvalue weighted by atomic mass is 10.2. The van der Waals surface area contributed by atoms with Crippen molar-refractivity contribution in [2.24, 2.45) is 0 Å². The summed E-state index contributed by atoms with van der Waals surface area (Å²) in [6, 6.07) is 0.712. The summed E-state index contributed by atoms with van der Waals surface area (Å²) in [4.78, 5) is 0. The Morgan fingerprint density at radius 2 is 1.50 bits per heavy atom. The Kier molecular flexibility index (Phi) is 2.59. The fraction of sp³-hybridized carbons (Fsp3) is 0. The number of aromatic hydroxyl groups is 4. The average Bonchev–Trinajstić information content (AvgIpc) is 2.10. The minimum Gasteiger partial charge on any atom is -0.509 e. The molecule has 14 heavy (non-hydrogen) atoms. The van der Waals surface area contributed by atoms with E-state index in [1.165, 1.54) is 0 Å². The van der Waals surface area contributed by atoms with Crippen LogP contribution >= 0.6 is 0 Å². The van der Waals surface area contributed by atoms with Gasteiger partial charge in [0, 0.05) is 6.07 Å². The third-order valence-corrected chi connectivity index (χ3v) is 1.42. The van der Waals surface area contributed by atoms with E-state index < -0.39 is 36.1 Å². The first-order valence-electron chi connectivity index (χ1n) is 3.43. The van der Waals surface area contributed by atoms with E-state index >= 15 is 0 Å². The molecule has 1 rings (SSSR count). The van der Waals surface area contributed by atoms with E-state index in [9.17, 15) is 0 Å². The number of benzene rings is 1. The van der Waals surface area contributed by atoms with Gasteiger partial charge in [0.25, 0.3) is 0 Å². The zero-order valence-electron chi connectivity index (χ0n) is 6.75. The molecule has 0 fully saturated rings. The molecule has 0 unspecified atom stereocenters. The maximum Gasteiger partial charge on any atom is 0.707 e. The summed E-state index contributed by atoms with van der Waals surface area (Å²) in [5.41, 5.74) is 0. The van der Waals surface area contributed by atoms with Crippen molar-refractivity contribution in [3.63, 3.8) is 0 Å². The molecule has 1 aromatic rings. The lowest BCUT2D eigenvalue weighted by molar-refractivity contribution is 0.275. The molecule has 0 spiro atoms. The molecular weight excluding hydrogens is 195 g/mol. The van der Waals surface area contributed by atoms with Gasteiger partial charge in [-0.1, -0.05) is 0 Å². The molecule has 0 heterocycles. The molecule has 0 aliphatic rings. The van der Waals surface area contributed by atoms with Crippen LogP contribution in [-0.4, -0.2) is 37.8 Å². The molecule has 7 nitrogen and oxygen atoms in total. The van der Waals surface area contributed by atoms with Crippen LogP contribution in [0.25, 0.3) is 0 Å². The largest absolute Gasteiger partial charge is 0.707 e. The SMILES string of the molecule is OB(O)Oc1cc(O)c(O)c(O)c1O. The van der Waals surface area contributed by atoms with Gasteiger partial charge in [0.15, 0.2) is 11.5 Å². The van der Waals surface area contributed by atoms with Crippen LogP contribution in [0.2, 0.25) is 0 Å². The van der Waals surface area contributed by atoms with Gasteiger partial charge in [-0.2, -0.15) is 0 Å². The molecule has 0 radical (unpaired) electrons. The first-order chi connectivity index (χ1) is 6.43. The minimum absolute atomic E-state index is 0.576. The van der Waals surface area contributed by atoms with Crippen LogP contribution in [0.1, 0.15) is 0 Å². The van der Waals surface area contributed by atoms with Gasteiger partial charge in [-0.05, 0) is 0 Å². The van der Waals surface area contributed by atoms with Crippen molar-refractivity contribution in [2.75, 3.05) is 0 Å². The number of phenolic OH excluding ortho intramolecular Hbond substituents is 4. The predicted octanol–water partition coefficient (Wildman–Crippen LogP) is -1.14. The highest BCUT2D eigenvalue weighted by atomic mass is 16.6. The molecule has 0 saturated carbocycles. The summed E-state index contributed by atoms with van der Waals surface area (Å²) in [6.07, 6.45) is 0. The summed E-state index contributed by atoms with van der Waals surface area (Å²) >= 11 is 0. The molecule has 8 heteroatoms. The Balaban J connectivity index is 3.19. The van der Waals surface area contributed by atoms with E-state index in [1.807, 2.05) is 0 Å². The van der Waals surface area contributed by atoms with Gasteiger partial charge in [0.2, 0.25) is 17.2 Å². The number of phenols is 4. The van der Waals surface area contributed by atoms with E-state index in [0.717, 1.165) is 0 Å². The van der Waals surface area contributed by atoms with Gasteiger partial charge in [0.1, 0.15) is 0 Å². The lowest BCUT2D eigenvalue weighted by Gasteiger charge is -2.09. The van der Waals surface area contributed by atoms with Crippen LogP contribution in [0.3, 0.4) is 0 Å². The zero-order chi connectivity index (χ0) is 10.9. The highest BCUT2D eigenvalue weighted by molar-refractivity contribution is 6.33. The topological polar surface area (TPSA) is 131 Å². The second-order valence-corrected chi connectivity index (χ2v) is 2.38. The van der Waals surface area contributed by atoms with E-state index in [4.69, 9.17) is 30.5 Å². The van der Waals surface area contributed by atoms with Crippen LogP contribution in [0, 0.1) is 0 Å². The van der Waals surface area contributed by atoms with Crippen molar-refractivity contribution in [3.8, 4) is 28.7 Å². The summed E-state index contributed by atoms with van der Waals surface area (Å²) in [5, 5.41) is 52.7. The number of rotatable bonds is 2. The fourth-order valence-electron chi connectivity index (χ4n) is 0.814. The molecule has 6 N–H and O–H groups in total. The molecule has 0 bridgehead atoms. The molecule has 76 valence electrons. The molecular formula is C6H7BO7. The molecule has 0 aliphatic carbocycles. The second kappa shape index (κ2) is 3.52. The van der Waals surface area contributed by atoms with E-state index in [2.05, 4.69) is 4.65 Å². The van der Waals surface area contributed by atoms with Crippen LogP contribution in [0.15, 0.2) is 6.07 Å². The van der Waals surface area contributed by atoms with E-state index in [-0.39, 0.29) is 0 Å². The maximum absolute atomic E-state index is 9.08. The molecule has 0 amide bonds. The normalized spacial score (nSPS) is 9.86. The standard InChI is InChI=1S/C6H7BO7/c8-2-1-3(14-7(12)13)5(10)6(11)4(2)9/h1,8-13H. The molecule has 1 aromatic carbocycles. The second-order valence-electron chi connectivity index (χ2n) is 2.38. The summed E-state index contributed by atoms with van der Waals surface area (Å²) in [6.45, 7) is 0. The first kappa shape index (κ1) is 10.3. The smallest absolute Gasteiger partial charge is 0.509 e. The Morgan fingerprint density at radius 3 is 2.00 bits per heavy atom. The van der Waals surface area contributed by atoms with Crippen molar-refractivity contribution < 1.29 is 35.1 Å². The van der Waals surface area contributed by atoms with Crippen molar-refractivity contribution in [1.82, 2.24) is 0 Å². The average molecular weight is 202 g/mol. The van der Waals surface area contributed by atoms with E-state index in [0.29, 0.717) is 6.07 Å². The highest BCUT2D eigenvalue weighted by Crippen LogP contribution is 2.47. The molecule has 0 aliphatic heterocycles. The fourth-order valence-corrected chi connectivity index (χ4v) is 0.814. The van der Waals surface area contributed by atoms with Gasteiger partial charge in [-0.25, -0.2) is 0 Å². The molecule has 0 saturated heterocycles. The van der Waals surface area contributed by atoms with Crippen molar-refractivity contribution in [1.29, 1.82) is 0 Å². The zero-order valence-corrected chi connectivity index (χ0v) is 6.75. The quantitative estimate of drug-likeness (QED) is 0.203. The Morgan fingerprint density at radius 1 is 0.929 bits per heavy atom. The van der Waals surface area contributed by atoms with Crippen LogP contribution in [-0.2, 0) is 0 Å². The summed E-state index contributed by atoms with van der Waals surface area (Å²) in [5.74, 6) is -4.19. The Bertz CT molecular complexity index is 351. The van der Waals surface area contributed by atoms with E-state index in [1.54, 1.807) is 0 Å². The van der Waals surface area contributed by atoms with Crippen LogP contribution in [0.5, 0.6) is 28.7 Å². The summed E-state index contributed by atoms with van der Waals surface area (Å²) in [7, 11) is -2.22. The van der Waals surface area contributed by atoms with Gasteiger partial charge < -0.3 is 35.1 Å². The van der Waals surface area contributed by atoms with Crippen molar-refractivity contribution in [2.45, 2.75) is 0 Å². The lowest BCUT2D eigenvalue weighted by Crippen LogP contribution is -2.20. The maximum atomic E-state index is 9.08.